The monoisotopic (exact) mass is 339 g/mol. The second-order valence-corrected chi connectivity index (χ2v) is 6.42. The number of rotatable bonds is 5. The molecule has 0 radical (unpaired) electrons. The van der Waals surface area contributed by atoms with Gasteiger partial charge in [0, 0.05) is 28.8 Å². The molecule has 2 rings (SSSR count). The van der Waals surface area contributed by atoms with Crippen molar-refractivity contribution < 1.29 is 4.79 Å². The predicted octanol–water partition coefficient (Wildman–Crippen LogP) is 2.51. The summed E-state index contributed by atoms with van der Waals surface area (Å²) in [7, 11) is 0. The van der Waals surface area contributed by atoms with Crippen LogP contribution < -0.4 is 16.0 Å². The molecule has 1 atom stereocenters. The number of hydrogen-bond donors (Lipinski definition) is 2. The Kier molecular flexibility index (Phi) is 5.05. The minimum Gasteiger partial charge on any atom is -0.368 e. The number of carbonyl (C=O) groups excluding carboxylic acids is 1. The Labute approximate surface area is 128 Å². The summed E-state index contributed by atoms with van der Waals surface area (Å²) in [5.74, 6) is -0.406. The van der Waals surface area contributed by atoms with E-state index in [-0.39, 0.29) is 0 Å². The van der Waals surface area contributed by atoms with Crippen LogP contribution in [0.2, 0.25) is 0 Å². The topological polar surface area (TPSA) is 58.4 Å². The standard InChI is InChI=1S/C15H22BrN3O/c1-10(2)19(9-11-4-3-7-18-11)12-5-6-13(15(17)20)14(16)8-12/h5-6,8,10-11,18H,3-4,7,9H2,1-2H3,(H2,17,20). The summed E-state index contributed by atoms with van der Waals surface area (Å²) in [5.41, 5.74) is 6.98. The van der Waals surface area contributed by atoms with Crippen molar-refractivity contribution in [3.8, 4) is 0 Å². The summed E-state index contributed by atoms with van der Waals surface area (Å²) >= 11 is 3.43. The van der Waals surface area contributed by atoms with E-state index in [9.17, 15) is 4.79 Å². The number of halogens is 1. The Morgan fingerprint density at radius 3 is 2.80 bits per heavy atom. The zero-order valence-corrected chi connectivity index (χ0v) is 13.6. The predicted molar refractivity (Wildman–Crippen MR) is 86.2 cm³/mol. The van der Waals surface area contributed by atoms with Crippen molar-refractivity contribution in [2.45, 2.75) is 38.8 Å². The minimum absolute atomic E-state index is 0.406. The minimum atomic E-state index is -0.406. The molecule has 1 saturated heterocycles. The molecule has 1 aliphatic rings. The Balaban J connectivity index is 2.20. The average molecular weight is 340 g/mol. The van der Waals surface area contributed by atoms with Gasteiger partial charge in [0.15, 0.2) is 0 Å². The van der Waals surface area contributed by atoms with Gasteiger partial charge in [0.2, 0.25) is 5.91 Å². The lowest BCUT2D eigenvalue weighted by molar-refractivity contribution is 0.0999. The largest absolute Gasteiger partial charge is 0.368 e. The summed E-state index contributed by atoms with van der Waals surface area (Å²) in [6.07, 6.45) is 2.48. The summed E-state index contributed by atoms with van der Waals surface area (Å²) < 4.78 is 0.757. The number of primary amides is 1. The van der Waals surface area contributed by atoms with Crippen LogP contribution in [0.3, 0.4) is 0 Å². The van der Waals surface area contributed by atoms with Gasteiger partial charge in [-0.1, -0.05) is 0 Å². The van der Waals surface area contributed by atoms with Crippen LogP contribution in [0.1, 0.15) is 37.0 Å². The third kappa shape index (κ3) is 3.52. The molecule has 1 heterocycles. The molecule has 1 aliphatic heterocycles. The van der Waals surface area contributed by atoms with Crippen LogP contribution in [0.5, 0.6) is 0 Å². The van der Waals surface area contributed by atoms with E-state index in [2.05, 4.69) is 40.0 Å². The van der Waals surface area contributed by atoms with Crippen molar-refractivity contribution in [3.05, 3.63) is 28.2 Å². The normalized spacial score (nSPS) is 18.5. The quantitative estimate of drug-likeness (QED) is 0.866. The first kappa shape index (κ1) is 15.3. The van der Waals surface area contributed by atoms with Crippen molar-refractivity contribution in [2.24, 2.45) is 5.73 Å². The van der Waals surface area contributed by atoms with E-state index in [1.165, 1.54) is 12.8 Å². The molecule has 0 saturated carbocycles. The van der Waals surface area contributed by atoms with Gasteiger partial charge >= 0.3 is 0 Å². The molecule has 1 aromatic rings. The first-order chi connectivity index (χ1) is 9.49. The van der Waals surface area contributed by atoms with Crippen LogP contribution in [-0.2, 0) is 0 Å². The molecule has 0 aromatic heterocycles. The highest BCUT2D eigenvalue weighted by Crippen LogP contribution is 2.26. The van der Waals surface area contributed by atoms with Gasteiger partial charge in [-0.2, -0.15) is 0 Å². The fourth-order valence-electron chi connectivity index (χ4n) is 2.65. The molecule has 110 valence electrons. The van der Waals surface area contributed by atoms with Gasteiger partial charge in [-0.3, -0.25) is 4.79 Å². The van der Waals surface area contributed by atoms with Gasteiger partial charge in [-0.25, -0.2) is 0 Å². The second-order valence-electron chi connectivity index (χ2n) is 5.57. The summed E-state index contributed by atoms with van der Waals surface area (Å²) in [6.45, 7) is 6.47. The van der Waals surface area contributed by atoms with Crippen LogP contribution in [-0.4, -0.2) is 31.1 Å². The molecule has 1 fully saturated rings. The lowest BCUT2D eigenvalue weighted by Gasteiger charge is -2.32. The smallest absolute Gasteiger partial charge is 0.249 e. The van der Waals surface area contributed by atoms with Gasteiger partial charge in [0.05, 0.1) is 5.56 Å². The zero-order valence-electron chi connectivity index (χ0n) is 12.0. The molecule has 1 aromatic carbocycles. The Bertz CT molecular complexity index is 484. The third-order valence-electron chi connectivity index (χ3n) is 3.75. The number of hydrogen-bond acceptors (Lipinski definition) is 3. The van der Waals surface area contributed by atoms with E-state index in [1.54, 1.807) is 6.07 Å². The number of anilines is 1. The Hall–Kier alpha value is -1.07. The van der Waals surface area contributed by atoms with E-state index in [1.807, 2.05) is 12.1 Å². The summed E-state index contributed by atoms with van der Waals surface area (Å²) in [4.78, 5) is 13.6. The van der Waals surface area contributed by atoms with Gasteiger partial charge in [0.25, 0.3) is 0 Å². The Morgan fingerprint density at radius 2 is 2.30 bits per heavy atom. The number of carbonyl (C=O) groups is 1. The van der Waals surface area contributed by atoms with Crippen molar-refractivity contribution in [2.75, 3.05) is 18.0 Å². The first-order valence-corrected chi connectivity index (χ1v) is 7.87. The van der Waals surface area contributed by atoms with Gasteiger partial charge in [-0.15, -0.1) is 0 Å². The van der Waals surface area contributed by atoms with Gasteiger partial charge < -0.3 is 16.0 Å². The van der Waals surface area contributed by atoms with Crippen molar-refractivity contribution in [1.29, 1.82) is 0 Å². The lowest BCUT2D eigenvalue weighted by Crippen LogP contribution is -2.41. The summed E-state index contributed by atoms with van der Waals surface area (Å²) in [5, 5.41) is 3.53. The van der Waals surface area contributed by atoms with Crippen LogP contribution in [0.4, 0.5) is 5.69 Å². The molecule has 4 nitrogen and oxygen atoms in total. The Morgan fingerprint density at radius 1 is 1.55 bits per heavy atom. The molecule has 20 heavy (non-hydrogen) atoms. The molecule has 0 spiro atoms. The highest BCUT2D eigenvalue weighted by molar-refractivity contribution is 9.10. The van der Waals surface area contributed by atoms with Crippen molar-refractivity contribution in [3.63, 3.8) is 0 Å². The molecule has 0 bridgehead atoms. The molecule has 5 heteroatoms. The number of benzene rings is 1. The lowest BCUT2D eigenvalue weighted by atomic mass is 10.1. The first-order valence-electron chi connectivity index (χ1n) is 7.08. The van der Waals surface area contributed by atoms with Crippen LogP contribution in [0, 0.1) is 0 Å². The molecule has 1 unspecified atom stereocenters. The van der Waals surface area contributed by atoms with E-state index in [4.69, 9.17) is 5.73 Å². The number of amides is 1. The number of nitrogens with one attached hydrogen (secondary N) is 1. The molecule has 1 amide bonds. The third-order valence-corrected chi connectivity index (χ3v) is 4.41. The highest BCUT2D eigenvalue weighted by atomic mass is 79.9. The summed E-state index contributed by atoms with van der Waals surface area (Å²) in [6, 6.07) is 6.70. The van der Waals surface area contributed by atoms with E-state index < -0.39 is 5.91 Å². The van der Waals surface area contributed by atoms with Crippen molar-refractivity contribution >= 4 is 27.5 Å². The fraction of sp³-hybridized carbons (Fsp3) is 0.533. The SMILES string of the molecule is CC(C)N(CC1CCCN1)c1ccc(C(N)=O)c(Br)c1. The molecular weight excluding hydrogens is 318 g/mol. The van der Waals surface area contributed by atoms with Crippen LogP contribution >= 0.6 is 15.9 Å². The number of nitrogens with two attached hydrogens (primary N) is 1. The molecular formula is C15H22BrN3O. The van der Waals surface area contributed by atoms with E-state index in [0.29, 0.717) is 17.6 Å². The van der Waals surface area contributed by atoms with E-state index in [0.717, 1.165) is 23.2 Å². The maximum absolute atomic E-state index is 11.3. The second kappa shape index (κ2) is 6.59. The van der Waals surface area contributed by atoms with Crippen LogP contribution in [0.15, 0.2) is 22.7 Å². The van der Waals surface area contributed by atoms with Gasteiger partial charge in [0.1, 0.15) is 0 Å². The van der Waals surface area contributed by atoms with Crippen LogP contribution in [0.25, 0.3) is 0 Å². The average Bonchev–Trinajstić information content (AvgIpc) is 2.87. The molecule has 0 aliphatic carbocycles. The highest BCUT2D eigenvalue weighted by Gasteiger charge is 2.20. The maximum Gasteiger partial charge on any atom is 0.249 e. The maximum atomic E-state index is 11.3. The van der Waals surface area contributed by atoms with Crippen molar-refractivity contribution in [1.82, 2.24) is 5.32 Å². The van der Waals surface area contributed by atoms with E-state index >= 15 is 0 Å². The zero-order chi connectivity index (χ0) is 14.7. The molecule has 3 N–H and O–H groups in total. The fourth-order valence-corrected chi connectivity index (χ4v) is 3.21. The number of nitrogens with zero attached hydrogens (tertiary/aromatic N) is 1. The van der Waals surface area contributed by atoms with Gasteiger partial charge in [-0.05, 0) is 67.4 Å².